The molecule has 0 spiro atoms. The van der Waals surface area contributed by atoms with E-state index in [1.54, 1.807) is 18.6 Å². The van der Waals surface area contributed by atoms with Crippen molar-refractivity contribution in [2.24, 2.45) is 0 Å². The molecule has 0 saturated carbocycles. The van der Waals surface area contributed by atoms with Gasteiger partial charge in [0.1, 0.15) is 11.6 Å². The van der Waals surface area contributed by atoms with Crippen LogP contribution in [0.2, 0.25) is 0 Å². The molecule has 1 aliphatic rings. The maximum atomic E-state index is 9.57. The molecule has 0 fully saturated rings. The summed E-state index contributed by atoms with van der Waals surface area (Å²) in [6.45, 7) is 3.45. The summed E-state index contributed by atoms with van der Waals surface area (Å²) in [5.74, 6) is 0.518. The van der Waals surface area contributed by atoms with Crippen LogP contribution in [0.4, 0.5) is 5.95 Å². The zero-order valence-electron chi connectivity index (χ0n) is 14.0. The van der Waals surface area contributed by atoms with Gasteiger partial charge < -0.3 is 10.6 Å². The minimum absolute atomic E-state index is 0.500. The van der Waals surface area contributed by atoms with E-state index < -0.39 is 0 Å². The third kappa shape index (κ3) is 4.12. The number of aromatic nitrogens is 4. The van der Waals surface area contributed by atoms with E-state index in [0.29, 0.717) is 17.2 Å². The van der Waals surface area contributed by atoms with E-state index in [1.165, 1.54) is 0 Å². The Labute approximate surface area is 146 Å². The smallest absolute Gasteiger partial charge is 0.223 e. The molecule has 2 aromatic heterocycles. The molecular formula is C18H19N7. The average Bonchev–Trinajstić information content (AvgIpc) is 3.16. The summed E-state index contributed by atoms with van der Waals surface area (Å²) >= 11 is 0. The molecule has 1 aliphatic heterocycles. The molecule has 2 N–H and O–H groups in total. The molecule has 0 aliphatic carbocycles. The lowest BCUT2D eigenvalue weighted by molar-refractivity contribution is 0.591. The summed E-state index contributed by atoms with van der Waals surface area (Å²) in [7, 11) is 0. The number of rotatable bonds is 6. The van der Waals surface area contributed by atoms with E-state index in [1.807, 2.05) is 42.1 Å². The minimum atomic E-state index is 0.500. The SMILES string of the molecule is Cc1cnc(NCCCn2cccn2)nc1/C(C#N)=C1/C=CC=CN1. The first-order valence-corrected chi connectivity index (χ1v) is 8.07. The highest BCUT2D eigenvalue weighted by Crippen LogP contribution is 2.21. The number of hydrogen-bond donors (Lipinski definition) is 2. The predicted molar refractivity (Wildman–Crippen MR) is 96.1 cm³/mol. The van der Waals surface area contributed by atoms with Gasteiger partial charge in [0.2, 0.25) is 5.95 Å². The number of aryl methyl sites for hydroxylation is 2. The maximum Gasteiger partial charge on any atom is 0.223 e. The Morgan fingerprint density at radius 1 is 1.40 bits per heavy atom. The lowest BCUT2D eigenvalue weighted by Gasteiger charge is -2.12. The molecule has 3 rings (SSSR count). The van der Waals surface area contributed by atoms with E-state index in [-0.39, 0.29) is 0 Å². The normalized spacial score (nSPS) is 14.7. The zero-order valence-corrected chi connectivity index (χ0v) is 14.0. The van der Waals surface area contributed by atoms with E-state index >= 15 is 0 Å². The van der Waals surface area contributed by atoms with Crippen molar-refractivity contribution < 1.29 is 0 Å². The van der Waals surface area contributed by atoms with Crippen LogP contribution in [0.1, 0.15) is 17.7 Å². The third-order valence-corrected chi connectivity index (χ3v) is 3.71. The van der Waals surface area contributed by atoms with Crippen LogP contribution in [0.25, 0.3) is 5.57 Å². The van der Waals surface area contributed by atoms with Gasteiger partial charge in [0.05, 0.1) is 11.4 Å². The first-order chi connectivity index (χ1) is 12.3. The molecule has 0 saturated heterocycles. The summed E-state index contributed by atoms with van der Waals surface area (Å²) in [5.41, 5.74) is 2.72. The van der Waals surface area contributed by atoms with Crippen LogP contribution in [0, 0.1) is 18.3 Å². The molecule has 7 heteroatoms. The fraction of sp³-hybridized carbons (Fsp3) is 0.222. The minimum Gasteiger partial charge on any atom is -0.361 e. The summed E-state index contributed by atoms with van der Waals surface area (Å²) in [4.78, 5) is 8.84. The van der Waals surface area contributed by atoms with Crippen LogP contribution in [0.3, 0.4) is 0 Å². The molecule has 126 valence electrons. The van der Waals surface area contributed by atoms with Crippen molar-refractivity contribution in [3.05, 3.63) is 66.0 Å². The lowest BCUT2D eigenvalue weighted by Crippen LogP contribution is -2.12. The van der Waals surface area contributed by atoms with E-state index in [9.17, 15) is 5.26 Å². The van der Waals surface area contributed by atoms with Gasteiger partial charge in [0, 0.05) is 37.9 Å². The number of dihydropyridines is 1. The Kier molecular flexibility index (Phi) is 5.22. The fourth-order valence-corrected chi connectivity index (χ4v) is 2.44. The summed E-state index contributed by atoms with van der Waals surface area (Å²) in [5, 5.41) is 20.0. The summed E-state index contributed by atoms with van der Waals surface area (Å²) in [6.07, 6.45) is 13.7. The third-order valence-electron chi connectivity index (χ3n) is 3.71. The lowest BCUT2D eigenvalue weighted by atomic mass is 10.1. The van der Waals surface area contributed by atoms with Crippen molar-refractivity contribution in [2.75, 3.05) is 11.9 Å². The highest BCUT2D eigenvalue weighted by molar-refractivity contribution is 5.80. The number of allylic oxidation sites excluding steroid dienone is 4. The molecule has 0 radical (unpaired) electrons. The highest BCUT2D eigenvalue weighted by atomic mass is 15.3. The van der Waals surface area contributed by atoms with Crippen molar-refractivity contribution in [3.8, 4) is 6.07 Å². The van der Waals surface area contributed by atoms with E-state index in [0.717, 1.165) is 30.8 Å². The molecule has 0 aromatic carbocycles. The van der Waals surface area contributed by atoms with E-state index in [2.05, 4.69) is 31.8 Å². The Hall–Kier alpha value is -3.40. The largest absolute Gasteiger partial charge is 0.361 e. The van der Waals surface area contributed by atoms with Gasteiger partial charge in [-0.1, -0.05) is 6.08 Å². The van der Waals surface area contributed by atoms with Gasteiger partial charge in [-0.15, -0.1) is 0 Å². The molecule has 0 bridgehead atoms. The second-order valence-corrected chi connectivity index (χ2v) is 5.54. The van der Waals surface area contributed by atoms with Gasteiger partial charge in [-0.25, -0.2) is 9.97 Å². The standard InChI is InChI=1S/C18H19N7/c1-14-13-22-18(21-8-4-10-25-11-5-9-23-25)24-17(14)15(12-19)16-6-2-3-7-20-16/h2-3,5-7,9,11,13,20H,4,8,10H2,1H3,(H,21,22,24)/b16-15-. The molecule has 0 unspecified atom stereocenters. The van der Waals surface area contributed by atoms with Crippen LogP contribution in [-0.2, 0) is 6.54 Å². The second kappa shape index (κ2) is 7.93. The first kappa shape index (κ1) is 16.5. The number of nitriles is 1. The first-order valence-electron chi connectivity index (χ1n) is 8.07. The Bertz CT molecular complexity index is 854. The molecule has 0 atom stereocenters. The Morgan fingerprint density at radius 3 is 3.04 bits per heavy atom. The fourth-order valence-electron chi connectivity index (χ4n) is 2.44. The molecule has 3 heterocycles. The quantitative estimate of drug-likeness (QED) is 0.623. The highest BCUT2D eigenvalue weighted by Gasteiger charge is 2.13. The van der Waals surface area contributed by atoms with Crippen molar-refractivity contribution >= 4 is 11.5 Å². The zero-order chi connectivity index (χ0) is 17.5. The van der Waals surface area contributed by atoms with Crippen LogP contribution in [0.5, 0.6) is 0 Å². The van der Waals surface area contributed by atoms with Crippen LogP contribution >= 0.6 is 0 Å². The van der Waals surface area contributed by atoms with Crippen LogP contribution in [-0.4, -0.2) is 26.3 Å². The molecule has 2 aromatic rings. The van der Waals surface area contributed by atoms with Crippen molar-refractivity contribution in [1.29, 1.82) is 5.26 Å². The van der Waals surface area contributed by atoms with Gasteiger partial charge >= 0.3 is 0 Å². The second-order valence-electron chi connectivity index (χ2n) is 5.54. The van der Waals surface area contributed by atoms with Crippen molar-refractivity contribution in [3.63, 3.8) is 0 Å². The van der Waals surface area contributed by atoms with Gasteiger partial charge in [-0.3, -0.25) is 4.68 Å². The number of hydrogen-bond acceptors (Lipinski definition) is 6. The van der Waals surface area contributed by atoms with Gasteiger partial charge in [-0.05, 0) is 37.1 Å². The van der Waals surface area contributed by atoms with Gasteiger partial charge in [0.15, 0.2) is 0 Å². The molecule has 7 nitrogen and oxygen atoms in total. The summed E-state index contributed by atoms with van der Waals surface area (Å²) < 4.78 is 1.88. The Morgan fingerprint density at radius 2 is 2.32 bits per heavy atom. The average molecular weight is 333 g/mol. The summed E-state index contributed by atoms with van der Waals surface area (Å²) in [6, 6.07) is 4.15. The van der Waals surface area contributed by atoms with Crippen LogP contribution in [0.15, 0.2) is 54.8 Å². The predicted octanol–water partition coefficient (Wildman–Crippen LogP) is 2.39. The maximum absolute atomic E-state index is 9.57. The monoisotopic (exact) mass is 333 g/mol. The number of anilines is 1. The van der Waals surface area contributed by atoms with Gasteiger partial charge in [0.25, 0.3) is 0 Å². The molecule has 0 amide bonds. The molecular weight excluding hydrogens is 314 g/mol. The van der Waals surface area contributed by atoms with Crippen molar-refractivity contribution in [1.82, 2.24) is 25.1 Å². The van der Waals surface area contributed by atoms with Crippen molar-refractivity contribution in [2.45, 2.75) is 19.9 Å². The van der Waals surface area contributed by atoms with Gasteiger partial charge in [-0.2, -0.15) is 10.4 Å². The molecule has 25 heavy (non-hydrogen) atoms. The van der Waals surface area contributed by atoms with Crippen LogP contribution < -0.4 is 10.6 Å². The topological polar surface area (TPSA) is 91.5 Å². The Balaban J connectivity index is 1.71. The van der Waals surface area contributed by atoms with E-state index in [4.69, 9.17) is 0 Å². The number of nitrogens with one attached hydrogen (secondary N) is 2. The number of nitrogens with zero attached hydrogens (tertiary/aromatic N) is 5.